The number of likely N-dealkylation sites (N-methyl/N-ethyl adjacent to an activating group) is 1. The van der Waals surface area contributed by atoms with Crippen molar-refractivity contribution in [2.45, 2.75) is 251 Å². The van der Waals surface area contributed by atoms with Gasteiger partial charge in [0.1, 0.15) is 19.8 Å². The molecule has 60 heavy (non-hydrogen) atoms. The minimum atomic E-state index is -4.37. The van der Waals surface area contributed by atoms with Gasteiger partial charge in [-0.25, -0.2) is 4.57 Å². The van der Waals surface area contributed by atoms with Crippen LogP contribution in [0.1, 0.15) is 244 Å². The molecule has 0 aromatic heterocycles. The molecule has 0 rings (SSSR count). The van der Waals surface area contributed by atoms with Gasteiger partial charge in [0.2, 0.25) is 0 Å². The van der Waals surface area contributed by atoms with E-state index in [1.807, 2.05) is 27.2 Å². The summed E-state index contributed by atoms with van der Waals surface area (Å²) in [6.45, 7) is 5.99. The highest BCUT2D eigenvalue weighted by molar-refractivity contribution is 7.47. The van der Waals surface area contributed by atoms with Crippen LogP contribution < -0.4 is 0 Å². The van der Waals surface area contributed by atoms with Gasteiger partial charge in [-0.1, -0.05) is 212 Å². The van der Waals surface area contributed by atoms with E-state index in [1.165, 1.54) is 180 Å². The Morgan fingerprint density at radius 3 is 1.25 bits per heavy atom. The molecule has 0 aliphatic rings. The first-order chi connectivity index (χ1) is 29.0. The van der Waals surface area contributed by atoms with Gasteiger partial charge in [0.15, 0.2) is 6.10 Å². The predicted molar refractivity (Wildman–Crippen MR) is 252 cm³/mol. The van der Waals surface area contributed by atoms with Crippen LogP contribution in [0.4, 0.5) is 0 Å². The van der Waals surface area contributed by atoms with E-state index in [4.69, 9.17) is 18.5 Å². The Morgan fingerprint density at radius 1 is 0.533 bits per heavy atom. The number of ether oxygens (including phenoxy) is 2. The van der Waals surface area contributed by atoms with Crippen LogP contribution in [0.25, 0.3) is 0 Å². The fourth-order valence-corrected chi connectivity index (χ4v) is 8.21. The number of carbonyl (C=O) groups excluding carboxylic acids is 2. The van der Waals surface area contributed by atoms with Gasteiger partial charge < -0.3 is 18.9 Å². The fraction of sp³-hybridized carbons (Fsp3) is 0.920. The van der Waals surface area contributed by atoms with Gasteiger partial charge >= 0.3 is 19.8 Å². The molecule has 356 valence electrons. The fourth-order valence-electron chi connectivity index (χ4n) is 7.47. The van der Waals surface area contributed by atoms with Gasteiger partial charge in [0.25, 0.3) is 0 Å². The second kappa shape index (κ2) is 43.0. The van der Waals surface area contributed by atoms with E-state index < -0.39 is 26.5 Å². The van der Waals surface area contributed by atoms with Crippen molar-refractivity contribution in [1.82, 2.24) is 0 Å². The van der Waals surface area contributed by atoms with E-state index in [0.717, 1.165) is 38.5 Å². The second-order valence-electron chi connectivity index (χ2n) is 18.7. The number of hydrogen-bond acceptors (Lipinski definition) is 7. The summed E-state index contributed by atoms with van der Waals surface area (Å²) in [5, 5.41) is 0. The smallest absolute Gasteiger partial charge is 0.462 e. The minimum absolute atomic E-state index is 0.0349. The number of phosphoric acid groups is 1. The first-order valence-corrected chi connectivity index (χ1v) is 26.9. The summed E-state index contributed by atoms with van der Waals surface area (Å²) in [6.07, 6.45) is 45.8. The van der Waals surface area contributed by atoms with Crippen LogP contribution in [0.5, 0.6) is 0 Å². The van der Waals surface area contributed by atoms with Gasteiger partial charge in [0.05, 0.1) is 27.7 Å². The molecule has 0 aliphatic carbocycles. The molecule has 10 heteroatoms. The minimum Gasteiger partial charge on any atom is -0.462 e. The molecule has 0 aliphatic heterocycles. The Balaban J connectivity index is 4.19. The third-order valence-corrected chi connectivity index (χ3v) is 12.4. The van der Waals surface area contributed by atoms with Crippen LogP contribution in [-0.2, 0) is 32.7 Å². The Hall–Kier alpha value is -1.25. The maximum absolute atomic E-state index is 12.7. The van der Waals surface area contributed by atoms with Crippen molar-refractivity contribution in [1.29, 1.82) is 0 Å². The molecule has 0 saturated carbocycles. The largest absolute Gasteiger partial charge is 0.472 e. The van der Waals surface area contributed by atoms with Gasteiger partial charge in [-0.2, -0.15) is 0 Å². The van der Waals surface area contributed by atoms with E-state index in [9.17, 15) is 19.0 Å². The quantitative estimate of drug-likeness (QED) is 0.0212. The lowest BCUT2D eigenvalue weighted by atomic mass is 10.0. The Kier molecular flexibility index (Phi) is 42.1. The third kappa shape index (κ3) is 46.3. The Morgan fingerprint density at radius 2 is 0.883 bits per heavy atom. The lowest BCUT2D eigenvalue weighted by Gasteiger charge is -2.24. The maximum atomic E-state index is 12.7. The summed E-state index contributed by atoms with van der Waals surface area (Å²) in [6, 6.07) is 0. The number of carbonyl (C=O) groups is 2. The highest BCUT2D eigenvalue weighted by Crippen LogP contribution is 2.43. The molecule has 0 aromatic rings. The molecule has 0 fully saturated rings. The Bertz CT molecular complexity index is 1020. The first-order valence-electron chi connectivity index (χ1n) is 25.4. The summed E-state index contributed by atoms with van der Waals surface area (Å²) in [5.41, 5.74) is 0. The normalized spacial score (nSPS) is 13.3. The Labute approximate surface area is 371 Å². The first kappa shape index (κ1) is 58.8. The maximum Gasteiger partial charge on any atom is 0.472 e. The number of quaternary nitrogens is 1. The van der Waals surface area contributed by atoms with Crippen LogP contribution in [0.3, 0.4) is 0 Å². The van der Waals surface area contributed by atoms with Crippen molar-refractivity contribution in [3.05, 3.63) is 12.7 Å². The molecular weight excluding hydrogens is 774 g/mol. The van der Waals surface area contributed by atoms with E-state index in [2.05, 4.69) is 13.5 Å². The van der Waals surface area contributed by atoms with Crippen LogP contribution in [-0.4, -0.2) is 74.9 Å². The lowest BCUT2D eigenvalue weighted by molar-refractivity contribution is -0.870. The number of hydrogen-bond donors (Lipinski definition) is 1. The second-order valence-corrected chi connectivity index (χ2v) is 20.1. The molecule has 1 N–H and O–H groups in total. The van der Waals surface area contributed by atoms with Crippen LogP contribution in [0.15, 0.2) is 12.7 Å². The molecule has 1 unspecified atom stereocenters. The van der Waals surface area contributed by atoms with Gasteiger partial charge in [-0.3, -0.25) is 18.6 Å². The zero-order valence-corrected chi connectivity index (χ0v) is 40.9. The average molecular weight is 873 g/mol. The topological polar surface area (TPSA) is 108 Å². The van der Waals surface area contributed by atoms with Crippen LogP contribution in [0.2, 0.25) is 0 Å². The SMILES string of the molecule is C=CCCCCCCCCCCCCCCCC(=O)OC[C@H](COP(=O)(O)OCC[N+](C)(C)C)OC(=O)CCCCCCCCCCCCCCCCCCCCCCC. The van der Waals surface area contributed by atoms with Gasteiger partial charge in [-0.05, 0) is 25.7 Å². The molecule has 0 amide bonds. The van der Waals surface area contributed by atoms with Crippen molar-refractivity contribution >= 4 is 19.8 Å². The summed E-state index contributed by atoms with van der Waals surface area (Å²) < 4.78 is 34.4. The molecule has 0 heterocycles. The number of allylic oxidation sites excluding steroid dienone is 1. The van der Waals surface area contributed by atoms with Crippen molar-refractivity contribution in [3.8, 4) is 0 Å². The summed E-state index contributed by atoms with van der Waals surface area (Å²) >= 11 is 0. The molecule has 0 aromatic carbocycles. The summed E-state index contributed by atoms with van der Waals surface area (Å²) in [5.74, 6) is -0.785. The number of nitrogens with zero attached hydrogens (tertiary/aromatic N) is 1. The lowest BCUT2D eigenvalue weighted by Crippen LogP contribution is -2.37. The summed E-state index contributed by atoms with van der Waals surface area (Å²) in [7, 11) is 1.49. The van der Waals surface area contributed by atoms with Crippen molar-refractivity contribution in [2.24, 2.45) is 0 Å². The third-order valence-electron chi connectivity index (χ3n) is 11.4. The zero-order valence-electron chi connectivity index (χ0n) is 40.1. The summed E-state index contributed by atoms with van der Waals surface area (Å²) in [4.78, 5) is 35.5. The van der Waals surface area contributed by atoms with Crippen LogP contribution >= 0.6 is 7.82 Å². The van der Waals surface area contributed by atoms with Crippen LogP contribution in [0, 0.1) is 0 Å². The number of unbranched alkanes of at least 4 members (excludes halogenated alkanes) is 33. The van der Waals surface area contributed by atoms with Gasteiger partial charge in [-0.15, -0.1) is 6.58 Å². The molecule has 0 bridgehead atoms. The number of rotatable bonds is 48. The highest BCUT2D eigenvalue weighted by atomic mass is 31.2. The molecule has 0 saturated heterocycles. The van der Waals surface area contributed by atoms with E-state index in [0.29, 0.717) is 23.9 Å². The van der Waals surface area contributed by atoms with E-state index in [1.54, 1.807) is 0 Å². The molecule has 2 atom stereocenters. The van der Waals surface area contributed by atoms with Gasteiger partial charge in [0, 0.05) is 12.8 Å². The standard InChI is InChI=1S/C50H98NO8P/c1-6-8-10-12-14-16-18-20-22-23-24-25-26-27-29-31-33-35-37-39-41-43-50(53)59-48(47-58-60(54,55)57-45-44-51(3,4)5)46-56-49(52)42-40-38-36-34-32-30-28-21-19-17-15-13-11-9-7-2/h7,48H,2,6,8-47H2,1,3-5H3/p+1/t48-/m1/s1. The van der Waals surface area contributed by atoms with E-state index in [-0.39, 0.29) is 25.6 Å². The predicted octanol–water partition coefficient (Wildman–Crippen LogP) is 14.9. The van der Waals surface area contributed by atoms with Crippen molar-refractivity contribution in [2.75, 3.05) is 47.5 Å². The molecule has 0 radical (unpaired) electrons. The highest BCUT2D eigenvalue weighted by Gasteiger charge is 2.27. The van der Waals surface area contributed by atoms with E-state index >= 15 is 0 Å². The number of phosphoric ester groups is 1. The number of esters is 2. The zero-order chi connectivity index (χ0) is 44.3. The van der Waals surface area contributed by atoms with Crippen molar-refractivity contribution in [3.63, 3.8) is 0 Å². The monoisotopic (exact) mass is 873 g/mol. The molecular formula is C50H99NO8P+. The molecule has 0 spiro atoms. The average Bonchev–Trinajstić information content (AvgIpc) is 3.20. The molecule has 9 nitrogen and oxygen atoms in total. The van der Waals surface area contributed by atoms with Crippen molar-refractivity contribution < 1.29 is 42.1 Å².